The predicted octanol–water partition coefficient (Wildman–Crippen LogP) is 4.53. The lowest BCUT2D eigenvalue weighted by Crippen LogP contribution is -2.21. The number of ether oxygens (including phenoxy) is 3. The van der Waals surface area contributed by atoms with Gasteiger partial charge in [0.25, 0.3) is 5.69 Å². The van der Waals surface area contributed by atoms with Crippen molar-refractivity contribution in [3.8, 4) is 11.5 Å². The molecule has 1 fully saturated rings. The molecule has 28 heavy (non-hydrogen) atoms. The van der Waals surface area contributed by atoms with Crippen LogP contribution in [0.4, 0.5) is 11.4 Å². The van der Waals surface area contributed by atoms with Crippen LogP contribution in [0, 0.1) is 16.0 Å². The van der Waals surface area contributed by atoms with Crippen molar-refractivity contribution in [2.24, 2.45) is 5.92 Å². The van der Waals surface area contributed by atoms with Gasteiger partial charge >= 0.3 is 0 Å². The Hall–Kier alpha value is -3.06. The maximum absolute atomic E-state index is 11.7. The van der Waals surface area contributed by atoms with E-state index < -0.39 is 4.92 Å². The Morgan fingerprint density at radius 1 is 1.29 bits per heavy atom. The first kappa shape index (κ1) is 19.7. The molecule has 0 saturated carbocycles. The summed E-state index contributed by atoms with van der Waals surface area (Å²) < 4.78 is 16.5. The molecule has 0 bridgehead atoms. The van der Waals surface area contributed by atoms with Crippen molar-refractivity contribution >= 4 is 11.4 Å². The van der Waals surface area contributed by atoms with Crippen LogP contribution in [0.1, 0.15) is 18.4 Å². The molecule has 3 rings (SSSR count). The van der Waals surface area contributed by atoms with Gasteiger partial charge in [-0.15, -0.1) is 0 Å². The summed E-state index contributed by atoms with van der Waals surface area (Å²) in [6.07, 6.45) is 1.67. The van der Waals surface area contributed by atoms with Gasteiger partial charge in [0.15, 0.2) is 11.4 Å². The van der Waals surface area contributed by atoms with Crippen LogP contribution in [0.3, 0.4) is 0 Å². The molecule has 0 amide bonds. The van der Waals surface area contributed by atoms with Gasteiger partial charge in [-0.05, 0) is 18.4 Å². The van der Waals surface area contributed by atoms with Gasteiger partial charge in [0.05, 0.1) is 18.1 Å². The maximum atomic E-state index is 11.7. The Morgan fingerprint density at radius 3 is 2.64 bits per heavy atom. The van der Waals surface area contributed by atoms with E-state index in [1.165, 1.54) is 13.2 Å². The number of nitro groups is 1. The van der Waals surface area contributed by atoms with Gasteiger partial charge in [-0.3, -0.25) is 10.1 Å². The van der Waals surface area contributed by atoms with E-state index in [9.17, 15) is 10.1 Å². The fourth-order valence-corrected chi connectivity index (χ4v) is 3.14. The van der Waals surface area contributed by atoms with Crippen molar-refractivity contribution in [1.29, 1.82) is 0 Å². The molecular weight excluding hydrogens is 360 g/mol. The second-order valence-electron chi connectivity index (χ2n) is 6.59. The third-order valence-corrected chi connectivity index (χ3v) is 4.72. The fraction of sp³-hybridized carbons (Fsp3) is 0.333. The first-order valence-corrected chi connectivity index (χ1v) is 9.15. The van der Waals surface area contributed by atoms with E-state index in [0.717, 1.165) is 24.1 Å². The molecule has 0 unspecified atom stereocenters. The van der Waals surface area contributed by atoms with E-state index in [1.807, 2.05) is 30.3 Å². The highest BCUT2D eigenvalue weighted by Gasteiger charge is 2.25. The smallest absolute Gasteiger partial charge is 0.300 e. The van der Waals surface area contributed by atoms with E-state index >= 15 is 0 Å². The molecule has 1 heterocycles. The second-order valence-corrected chi connectivity index (χ2v) is 6.59. The quantitative estimate of drug-likeness (QED) is 0.532. The monoisotopic (exact) mass is 384 g/mol. The molecule has 0 aromatic heterocycles. The Morgan fingerprint density at radius 2 is 2.00 bits per heavy atom. The topological polar surface area (TPSA) is 82.9 Å². The number of rotatable bonds is 8. The van der Waals surface area contributed by atoms with Crippen LogP contribution in [0.25, 0.3) is 0 Å². The molecule has 2 aromatic rings. The van der Waals surface area contributed by atoms with Gasteiger partial charge in [0, 0.05) is 30.9 Å². The molecule has 1 aliphatic heterocycles. The number of anilines is 1. The van der Waals surface area contributed by atoms with E-state index in [1.54, 1.807) is 6.07 Å². The number of methoxy groups -OCH3 is 1. The lowest BCUT2D eigenvalue weighted by molar-refractivity contribution is -0.384. The number of hydrogen-bond donors (Lipinski definition) is 1. The molecule has 1 aliphatic rings. The normalized spacial score (nSPS) is 14.3. The highest BCUT2D eigenvalue weighted by atomic mass is 16.6. The van der Waals surface area contributed by atoms with Gasteiger partial charge in [-0.2, -0.15) is 0 Å². The largest absolute Gasteiger partial charge is 0.494 e. The van der Waals surface area contributed by atoms with Crippen LogP contribution in [-0.4, -0.2) is 25.2 Å². The number of hydrogen-bond acceptors (Lipinski definition) is 6. The molecule has 7 nitrogen and oxygen atoms in total. The summed E-state index contributed by atoms with van der Waals surface area (Å²) in [6, 6.07) is 12.7. The van der Waals surface area contributed by atoms with Crippen molar-refractivity contribution in [1.82, 2.24) is 0 Å². The second kappa shape index (κ2) is 9.23. The Bertz CT molecular complexity index is 832. The third-order valence-electron chi connectivity index (χ3n) is 4.72. The molecule has 2 aromatic carbocycles. The summed E-state index contributed by atoms with van der Waals surface area (Å²) in [6.45, 7) is 5.71. The highest BCUT2D eigenvalue weighted by Crippen LogP contribution is 2.40. The van der Waals surface area contributed by atoms with Crippen LogP contribution in [-0.2, 0) is 11.3 Å². The molecule has 0 aliphatic carbocycles. The minimum absolute atomic E-state index is 0.115. The molecule has 148 valence electrons. The molecule has 1 N–H and O–H groups in total. The van der Waals surface area contributed by atoms with Gasteiger partial charge in [-0.25, -0.2) is 0 Å². The summed E-state index contributed by atoms with van der Waals surface area (Å²) in [5.74, 6) is 0.909. The Kier molecular flexibility index (Phi) is 6.49. The lowest BCUT2D eigenvalue weighted by Gasteiger charge is -2.25. The molecule has 0 atom stereocenters. The molecule has 1 saturated heterocycles. The summed E-state index contributed by atoms with van der Waals surface area (Å²) in [5.41, 5.74) is 1.87. The SMILES string of the molecule is C=C(Nc1c(OC)cc(OCc2ccccc2)cc1[N+](=O)[O-])C1CCOCC1. The van der Waals surface area contributed by atoms with E-state index in [-0.39, 0.29) is 17.3 Å². The predicted molar refractivity (Wildman–Crippen MR) is 107 cm³/mol. The summed E-state index contributed by atoms with van der Waals surface area (Å²) in [7, 11) is 1.47. The number of nitro benzene ring substituents is 1. The van der Waals surface area contributed by atoms with Crippen molar-refractivity contribution in [2.45, 2.75) is 19.4 Å². The van der Waals surface area contributed by atoms with Crippen LogP contribution >= 0.6 is 0 Å². The van der Waals surface area contributed by atoms with Gasteiger partial charge in [0.2, 0.25) is 0 Å². The molecule has 0 spiro atoms. The van der Waals surface area contributed by atoms with Crippen LogP contribution in [0.15, 0.2) is 54.7 Å². The van der Waals surface area contributed by atoms with Crippen LogP contribution in [0.5, 0.6) is 11.5 Å². The summed E-state index contributed by atoms with van der Waals surface area (Å²) >= 11 is 0. The molecule has 7 heteroatoms. The van der Waals surface area contributed by atoms with Crippen LogP contribution < -0.4 is 14.8 Å². The minimum Gasteiger partial charge on any atom is -0.494 e. The highest BCUT2D eigenvalue weighted by molar-refractivity contribution is 5.74. The standard InChI is InChI=1S/C21H24N2O5/c1-15(17-8-10-27-11-9-17)22-21-19(23(24)25)12-18(13-20(21)26-2)28-14-16-6-4-3-5-7-16/h3-7,12-13,17,22H,1,8-11,14H2,2H3. The Balaban J connectivity index is 1.82. The number of benzene rings is 2. The zero-order chi connectivity index (χ0) is 19.9. The molecular formula is C21H24N2O5. The van der Waals surface area contributed by atoms with Gasteiger partial charge < -0.3 is 19.5 Å². The van der Waals surface area contributed by atoms with Crippen LogP contribution in [0.2, 0.25) is 0 Å². The number of allylic oxidation sites excluding steroid dienone is 1. The zero-order valence-corrected chi connectivity index (χ0v) is 15.8. The van der Waals surface area contributed by atoms with Crippen molar-refractivity contribution in [3.05, 3.63) is 70.4 Å². The average molecular weight is 384 g/mol. The first-order valence-electron chi connectivity index (χ1n) is 9.15. The van der Waals surface area contributed by atoms with Gasteiger partial charge in [0.1, 0.15) is 12.4 Å². The first-order chi connectivity index (χ1) is 13.6. The lowest BCUT2D eigenvalue weighted by atomic mass is 9.97. The number of nitrogens with one attached hydrogen (secondary N) is 1. The third kappa shape index (κ3) is 4.80. The van der Waals surface area contributed by atoms with Crippen molar-refractivity contribution in [2.75, 3.05) is 25.6 Å². The summed E-state index contributed by atoms with van der Waals surface area (Å²) in [5, 5.41) is 14.8. The summed E-state index contributed by atoms with van der Waals surface area (Å²) in [4.78, 5) is 11.2. The van der Waals surface area contributed by atoms with Crippen molar-refractivity contribution in [3.63, 3.8) is 0 Å². The average Bonchev–Trinajstić information content (AvgIpc) is 2.73. The molecule has 0 radical (unpaired) electrons. The fourth-order valence-electron chi connectivity index (χ4n) is 3.14. The zero-order valence-electron chi connectivity index (χ0n) is 15.8. The van der Waals surface area contributed by atoms with E-state index in [4.69, 9.17) is 14.2 Å². The van der Waals surface area contributed by atoms with E-state index in [0.29, 0.717) is 31.3 Å². The maximum Gasteiger partial charge on any atom is 0.300 e. The number of nitrogens with zero attached hydrogens (tertiary/aromatic N) is 1. The van der Waals surface area contributed by atoms with Crippen molar-refractivity contribution < 1.29 is 19.1 Å². The van der Waals surface area contributed by atoms with Gasteiger partial charge in [-0.1, -0.05) is 36.9 Å². The minimum atomic E-state index is -0.447. The Labute approximate surface area is 164 Å². The van der Waals surface area contributed by atoms with E-state index in [2.05, 4.69) is 11.9 Å².